The molecule has 1 aliphatic carbocycles. The molecular formula is C14H22N4OS. The second-order valence-corrected chi connectivity index (χ2v) is 7.61. The van der Waals surface area contributed by atoms with Gasteiger partial charge in [-0.25, -0.2) is 4.98 Å². The molecule has 2 aliphatic rings. The van der Waals surface area contributed by atoms with Crippen molar-refractivity contribution in [3.05, 3.63) is 5.82 Å². The Morgan fingerprint density at radius 1 is 1.35 bits per heavy atom. The van der Waals surface area contributed by atoms with E-state index in [0.29, 0.717) is 5.92 Å². The molecule has 5 nitrogen and oxygen atoms in total. The highest BCUT2D eigenvalue weighted by molar-refractivity contribution is 7.09. The van der Waals surface area contributed by atoms with Gasteiger partial charge < -0.3 is 10.2 Å². The molecule has 1 saturated carbocycles. The maximum absolute atomic E-state index is 12.2. The van der Waals surface area contributed by atoms with Gasteiger partial charge in [0, 0.05) is 36.1 Å². The lowest BCUT2D eigenvalue weighted by atomic mass is 10.0. The molecular weight excluding hydrogens is 272 g/mol. The summed E-state index contributed by atoms with van der Waals surface area (Å²) in [4.78, 5) is 19.0. The van der Waals surface area contributed by atoms with E-state index in [1.165, 1.54) is 24.4 Å². The number of carbonyl (C=O) groups excluding carboxylic acids is 1. The van der Waals surface area contributed by atoms with Gasteiger partial charge in [0.2, 0.25) is 11.0 Å². The summed E-state index contributed by atoms with van der Waals surface area (Å²) in [5.74, 6) is 1.84. The van der Waals surface area contributed by atoms with Gasteiger partial charge in [0.25, 0.3) is 0 Å². The largest absolute Gasteiger partial charge is 0.351 e. The third-order valence-corrected chi connectivity index (χ3v) is 4.49. The van der Waals surface area contributed by atoms with Crippen LogP contribution in [0, 0.1) is 5.92 Å². The standard InChI is InChI=1S/C14H22N4OS/c1-14(2,3)16-12(19)10-6-7-18(8-10)13-15-11(17-20-13)9-4-5-9/h9-10H,4-8H2,1-3H3,(H,16,19). The van der Waals surface area contributed by atoms with E-state index in [4.69, 9.17) is 0 Å². The Balaban J connectivity index is 1.59. The summed E-state index contributed by atoms with van der Waals surface area (Å²) in [5.41, 5.74) is -0.160. The second-order valence-electron chi connectivity index (χ2n) is 6.88. The van der Waals surface area contributed by atoms with Crippen molar-refractivity contribution in [2.75, 3.05) is 18.0 Å². The number of amides is 1. The van der Waals surface area contributed by atoms with Crippen LogP contribution >= 0.6 is 11.5 Å². The summed E-state index contributed by atoms with van der Waals surface area (Å²) < 4.78 is 4.44. The quantitative estimate of drug-likeness (QED) is 0.928. The molecule has 1 aromatic heterocycles. The van der Waals surface area contributed by atoms with Crippen LogP contribution in [-0.4, -0.2) is 33.9 Å². The first-order valence-electron chi connectivity index (χ1n) is 7.33. The van der Waals surface area contributed by atoms with E-state index in [1.54, 1.807) is 0 Å². The zero-order valence-electron chi connectivity index (χ0n) is 12.3. The van der Waals surface area contributed by atoms with E-state index in [0.717, 1.165) is 30.5 Å². The van der Waals surface area contributed by atoms with Crippen LogP contribution in [0.1, 0.15) is 51.8 Å². The number of aromatic nitrogens is 2. The first-order valence-corrected chi connectivity index (χ1v) is 8.10. The van der Waals surface area contributed by atoms with Crippen LogP contribution < -0.4 is 10.2 Å². The Hall–Kier alpha value is -1.17. The van der Waals surface area contributed by atoms with E-state index >= 15 is 0 Å². The number of anilines is 1. The first-order chi connectivity index (χ1) is 9.42. The van der Waals surface area contributed by atoms with Crippen molar-refractivity contribution >= 4 is 22.6 Å². The van der Waals surface area contributed by atoms with Crippen molar-refractivity contribution < 1.29 is 4.79 Å². The molecule has 1 saturated heterocycles. The molecule has 0 bridgehead atoms. The lowest BCUT2D eigenvalue weighted by Crippen LogP contribution is -2.44. The summed E-state index contributed by atoms with van der Waals surface area (Å²) >= 11 is 1.48. The van der Waals surface area contributed by atoms with Crippen LogP contribution in [0.25, 0.3) is 0 Å². The third-order valence-electron chi connectivity index (χ3n) is 3.70. The number of nitrogens with one attached hydrogen (secondary N) is 1. The Bertz CT molecular complexity index is 504. The van der Waals surface area contributed by atoms with Gasteiger partial charge in [0.05, 0.1) is 5.92 Å². The van der Waals surface area contributed by atoms with Crippen LogP contribution in [0.15, 0.2) is 0 Å². The summed E-state index contributed by atoms with van der Waals surface area (Å²) in [6, 6.07) is 0. The van der Waals surface area contributed by atoms with Gasteiger partial charge in [0.1, 0.15) is 5.82 Å². The summed E-state index contributed by atoms with van der Waals surface area (Å²) in [6.07, 6.45) is 3.36. The fourth-order valence-corrected chi connectivity index (χ4v) is 3.26. The molecule has 1 unspecified atom stereocenters. The zero-order chi connectivity index (χ0) is 14.3. The molecule has 20 heavy (non-hydrogen) atoms. The monoisotopic (exact) mass is 294 g/mol. The van der Waals surface area contributed by atoms with Crippen molar-refractivity contribution in [2.45, 2.75) is 51.5 Å². The van der Waals surface area contributed by atoms with Gasteiger partial charge in [-0.15, -0.1) is 0 Å². The van der Waals surface area contributed by atoms with Gasteiger partial charge in [-0.2, -0.15) is 4.37 Å². The van der Waals surface area contributed by atoms with Crippen molar-refractivity contribution in [2.24, 2.45) is 5.92 Å². The third kappa shape index (κ3) is 3.11. The molecule has 0 aromatic carbocycles. The highest BCUT2D eigenvalue weighted by Crippen LogP contribution is 2.40. The molecule has 6 heteroatoms. The fraction of sp³-hybridized carbons (Fsp3) is 0.786. The molecule has 110 valence electrons. The summed E-state index contributed by atoms with van der Waals surface area (Å²) in [7, 11) is 0. The van der Waals surface area contributed by atoms with E-state index in [1.807, 2.05) is 20.8 Å². The average Bonchev–Trinajstić information content (AvgIpc) is 2.91. The molecule has 2 heterocycles. The maximum Gasteiger partial charge on any atom is 0.225 e. The number of carbonyl (C=O) groups is 1. The van der Waals surface area contributed by atoms with E-state index < -0.39 is 0 Å². The van der Waals surface area contributed by atoms with Gasteiger partial charge in [-0.3, -0.25) is 4.79 Å². The second kappa shape index (κ2) is 4.98. The molecule has 1 atom stereocenters. The predicted molar refractivity (Wildman–Crippen MR) is 80.1 cm³/mol. The van der Waals surface area contributed by atoms with Crippen LogP contribution in [0.5, 0.6) is 0 Å². The Morgan fingerprint density at radius 2 is 2.10 bits per heavy atom. The number of hydrogen-bond donors (Lipinski definition) is 1. The van der Waals surface area contributed by atoms with Crippen molar-refractivity contribution in [3.63, 3.8) is 0 Å². The molecule has 2 fully saturated rings. The van der Waals surface area contributed by atoms with Crippen molar-refractivity contribution in [1.29, 1.82) is 0 Å². The Morgan fingerprint density at radius 3 is 2.75 bits per heavy atom. The minimum absolute atomic E-state index is 0.0718. The molecule has 0 spiro atoms. The van der Waals surface area contributed by atoms with Crippen molar-refractivity contribution in [3.8, 4) is 0 Å². The Labute approximate surface area is 123 Å². The Kier molecular flexibility index (Phi) is 3.44. The van der Waals surface area contributed by atoms with Crippen LogP contribution in [-0.2, 0) is 4.79 Å². The first kappa shape index (κ1) is 13.8. The average molecular weight is 294 g/mol. The van der Waals surface area contributed by atoms with Crippen LogP contribution in [0.2, 0.25) is 0 Å². The molecule has 3 rings (SSSR count). The highest BCUT2D eigenvalue weighted by Gasteiger charge is 2.33. The highest BCUT2D eigenvalue weighted by atomic mass is 32.1. The minimum atomic E-state index is -0.160. The predicted octanol–water partition coefficient (Wildman–Crippen LogP) is 2.16. The van der Waals surface area contributed by atoms with E-state index in [2.05, 4.69) is 19.6 Å². The van der Waals surface area contributed by atoms with Crippen molar-refractivity contribution in [1.82, 2.24) is 14.7 Å². The SMILES string of the molecule is CC(C)(C)NC(=O)C1CCN(c2nc(C3CC3)ns2)C1. The number of rotatable bonds is 3. The lowest BCUT2D eigenvalue weighted by Gasteiger charge is -2.23. The minimum Gasteiger partial charge on any atom is -0.351 e. The normalized spacial score (nSPS) is 23.1. The van der Waals surface area contributed by atoms with Crippen LogP contribution in [0.3, 0.4) is 0 Å². The summed E-state index contributed by atoms with van der Waals surface area (Å²) in [5, 5.41) is 4.05. The van der Waals surface area contributed by atoms with Gasteiger partial charge in [0.15, 0.2) is 0 Å². The topological polar surface area (TPSA) is 58.1 Å². The number of nitrogens with zero attached hydrogens (tertiary/aromatic N) is 3. The molecule has 1 N–H and O–H groups in total. The lowest BCUT2D eigenvalue weighted by molar-refractivity contribution is -0.125. The van der Waals surface area contributed by atoms with E-state index in [-0.39, 0.29) is 17.4 Å². The smallest absolute Gasteiger partial charge is 0.225 e. The molecule has 1 aromatic rings. The fourth-order valence-electron chi connectivity index (χ4n) is 2.48. The number of hydrogen-bond acceptors (Lipinski definition) is 5. The molecule has 1 amide bonds. The maximum atomic E-state index is 12.2. The van der Waals surface area contributed by atoms with Crippen LogP contribution in [0.4, 0.5) is 5.13 Å². The van der Waals surface area contributed by atoms with Gasteiger partial charge in [-0.05, 0) is 40.0 Å². The zero-order valence-corrected chi connectivity index (χ0v) is 13.2. The molecule has 1 aliphatic heterocycles. The van der Waals surface area contributed by atoms with E-state index in [9.17, 15) is 4.79 Å². The van der Waals surface area contributed by atoms with Gasteiger partial charge in [-0.1, -0.05) is 0 Å². The molecule has 0 radical (unpaired) electrons. The van der Waals surface area contributed by atoms with Gasteiger partial charge >= 0.3 is 0 Å². The summed E-state index contributed by atoms with van der Waals surface area (Å²) in [6.45, 7) is 7.72.